The van der Waals surface area contributed by atoms with E-state index in [0.717, 1.165) is 122 Å². The summed E-state index contributed by atoms with van der Waals surface area (Å²) < 4.78 is 28.4. The molecule has 0 aromatic heterocycles. The van der Waals surface area contributed by atoms with E-state index in [1.165, 1.54) is 70.6 Å². The van der Waals surface area contributed by atoms with E-state index in [-0.39, 0.29) is 25.9 Å². The van der Waals surface area contributed by atoms with Gasteiger partial charge in [-0.25, -0.2) is 4.79 Å². The van der Waals surface area contributed by atoms with Crippen LogP contribution in [-0.4, -0.2) is 89.2 Å². The highest BCUT2D eigenvalue weighted by atomic mass is 16.7. The number of esters is 3. The van der Waals surface area contributed by atoms with Crippen molar-refractivity contribution in [1.82, 2.24) is 0 Å². The standard InChI is InChI=1S/C65H108O12/c1-4-7-10-13-16-19-22-25-27-28-29-30-32-35-38-41-44-47-50-53-59(68)76-63-61(70)60(69)62(64(71)72)77-65(63)74-55-56(75-58(67)52-49-46-43-40-37-33-24-21-18-15-12-9-6-3)54-73-57(66)51-48-45-42-39-36-34-31-26-23-20-17-14-11-8-5-2/h7,9-10,12,16,18-19,21,25,27,29-30,33,37,56,60-63,65,69-70H,4-6,8,11,13-15,17,20,22-24,26,28,31-32,34-36,38-55H2,1-3H3,(H,71,72)/b10-7-,12-9-,19-16-,21-18-,27-25-,30-29-,37-33-. The minimum absolute atomic E-state index is 0.0384. The van der Waals surface area contributed by atoms with Crippen LogP contribution in [-0.2, 0) is 42.9 Å². The van der Waals surface area contributed by atoms with Crippen molar-refractivity contribution in [1.29, 1.82) is 0 Å². The van der Waals surface area contributed by atoms with Gasteiger partial charge in [-0.3, -0.25) is 14.4 Å². The van der Waals surface area contributed by atoms with Gasteiger partial charge < -0.3 is 39.0 Å². The van der Waals surface area contributed by atoms with Crippen molar-refractivity contribution < 1.29 is 58.2 Å². The number of carboxylic acids is 1. The van der Waals surface area contributed by atoms with Crippen LogP contribution >= 0.6 is 0 Å². The normalized spacial score (nSPS) is 18.6. The maximum atomic E-state index is 13.1. The van der Waals surface area contributed by atoms with E-state index in [0.29, 0.717) is 19.3 Å². The van der Waals surface area contributed by atoms with Crippen molar-refractivity contribution >= 4 is 23.9 Å². The van der Waals surface area contributed by atoms with Crippen LogP contribution < -0.4 is 0 Å². The maximum Gasteiger partial charge on any atom is 0.335 e. The first-order valence-electron chi connectivity index (χ1n) is 30.6. The van der Waals surface area contributed by atoms with E-state index in [1.54, 1.807) is 0 Å². The number of unbranched alkanes of at least 4 members (excludes halogenated alkanes) is 23. The highest BCUT2D eigenvalue weighted by molar-refractivity contribution is 5.74. The van der Waals surface area contributed by atoms with Crippen molar-refractivity contribution in [2.24, 2.45) is 0 Å². The summed E-state index contributed by atoms with van der Waals surface area (Å²) >= 11 is 0. The van der Waals surface area contributed by atoms with Crippen molar-refractivity contribution in [2.45, 2.75) is 289 Å². The summed E-state index contributed by atoms with van der Waals surface area (Å²) in [5.41, 5.74) is 0. The SMILES string of the molecule is CC/C=C\C/C=C\C/C=C\C/C=C\CCCCCCCCC(=O)OC1C(OCC(COC(=O)CCCCCCCCCCCCCCCCC)OC(=O)CCCCC/C=C\C/C=C\C/C=C\CC)OC(C(=O)O)C(O)C1O. The Kier molecular flexibility index (Phi) is 48.4. The molecule has 1 aliphatic heterocycles. The van der Waals surface area contributed by atoms with Crippen LogP contribution in [0.1, 0.15) is 252 Å². The van der Waals surface area contributed by atoms with Gasteiger partial charge in [-0.2, -0.15) is 0 Å². The average Bonchev–Trinajstić information content (AvgIpc) is 3.42. The Balaban J connectivity index is 2.68. The molecule has 1 saturated heterocycles. The monoisotopic (exact) mass is 1080 g/mol. The number of allylic oxidation sites excluding steroid dienone is 14. The minimum atomic E-state index is -1.92. The highest BCUT2D eigenvalue weighted by Gasteiger charge is 2.50. The van der Waals surface area contributed by atoms with Gasteiger partial charge in [0, 0.05) is 19.3 Å². The predicted octanol–water partition coefficient (Wildman–Crippen LogP) is 15.9. The molecule has 3 N–H and O–H groups in total. The van der Waals surface area contributed by atoms with Gasteiger partial charge in [0.05, 0.1) is 6.61 Å². The van der Waals surface area contributed by atoms with Gasteiger partial charge in [0.1, 0.15) is 18.8 Å². The molecule has 0 amide bonds. The number of carbonyl (C=O) groups excluding carboxylic acids is 3. The molecule has 77 heavy (non-hydrogen) atoms. The van der Waals surface area contributed by atoms with Crippen molar-refractivity contribution in [3.05, 3.63) is 85.1 Å². The lowest BCUT2D eigenvalue weighted by atomic mass is 9.98. The summed E-state index contributed by atoms with van der Waals surface area (Å²) in [6.07, 6.45) is 55.5. The molecule has 440 valence electrons. The summed E-state index contributed by atoms with van der Waals surface area (Å²) in [4.78, 5) is 51.2. The number of hydrogen-bond acceptors (Lipinski definition) is 11. The van der Waals surface area contributed by atoms with Gasteiger partial charge in [0.25, 0.3) is 0 Å². The van der Waals surface area contributed by atoms with E-state index in [1.807, 2.05) is 0 Å². The zero-order valence-corrected chi connectivity index (χ0v) is 48.4. The third-order valence-corrected chi connectivity index (χ3v) is 13.5. The number of carboxylic acid groups (broad SMARTS) is 1. The van der Waals surface area contributed by atoms with Gasteiger partial charge in [-0.15, -0.1) is 0 Å². The second kappa shape index (κ2) is 52.6. The van der Waals surface area contributed by atoms with Gasteiger partial charge in [-0.1, -0.05) is 228 Å². The second-order valence-corrected chi connectivity index (χ2v) is 20.6. The summed E-state index contributed by atoms with van der Waals surface area (Å²) in [5.74, 6) is -3.17. The fraction of sp³-hybridized carbons (Fsp3) is 0.723. The van der Waals surface area contributed by atoms with Gasteiger partial charge in [0.15, 0.2) is 24.6 Å². The Morgan fingerprint density at radius 3 is 1.26 bits per heavy atom. The lowest BCUT2D eigenvalue weighted by Gasteiger charge is -2.40. The first-order chi connectivity index (χ1) is 37.6. The molecule has 1 heterocycles. The smallest absolute Gasteiger partial charge is 0.335 e. The average molecular weight is 1080 g/mol. The van der Waals surface area contributed by atoms with Gasteiger partial charge >= 0.3 is 23.9 Å². The fourth-order valence-electron chi connectivity index (χ4n) is 8.84. The van der Waals surface area contributed by atoms with E-state index in [4.69, 9.17) is 23.7 Å². The first-order valence-corrected chi connectivity index (χ1v) is 30.6. The van der Waals surface area contributed by atoms with Crippen LogP contribution in [0.4, 0.5) is 0 Å². The molecule has 12 heteroatoms. The molecule has 1 fully saturated rings. The van der Waals surface area contributed by atoms with Crippen LogP contribution in [0.3, 0.4) is 0 Å². The predicted molar refractivity (Wildman–Crippen MR) is 312 cm³/mol. The van der Waals surface area contributed by atoms with Gasteiger partial charge in [0.2, 0.25) is 0 Å². The topological polar surface area (TPSA) is 175 Å². The molecular weight excluding hydrogens is 973 g/mol. The van der Waals surface area contributed by atoms with E-state index >= 15 is 0 Å². The summed E-state index contributed by atoms with van der Waals surface area (Å²) in [7, 11) is 0. The fourth-order valence-corrected chi connectivity index (χ4v) is 8.84. The molecule has 0 radical (unpaired) electrons. The molecule has 6 atom stereocenters. The third kappa shape index (κ3) is 42.5. The lowest BCUT2D eigenvalue weighted by molar-refractivity contribution is -0.301. The van der Waals surface area contributed by atoms with Crippen LogP contribution in [0.15, 0.2) is 85.1 Å². The molecular formula is C65H108O12. The number of aliphatic hydroxyl groups is 2. The molecule has 0 saturated carbocycles. The molecule has 0 bridgehead atoms. The van der Waals surface area contributed by atoms with Crippen molar-refractivity contribution in [3.8, 4) is 0 Å². The molecule has 6 unspecified atom stereocenters. The van der Waals surface area contributed by atoms with E-state index < -0.39 is 67.3 Å². The quantitative estimate of drug-likeness (QED) is 0.0228. The Morgan fingerprint density at radius 2 is 0.818 bits per heavy atom. The van der Waals surface area contributed by atoms with E-state index in [2.05, 4.69) is 106 Å². The molecule has 1 aliphatic rings. The third-order valence-electron chi connectivity index (χ3n) is 13.5. The van der Waals surface area contributed by atoms with Crippen LogP contribution in [0.25, 0.3) is 0 Å². The van der Waals surface area contributed by atoms with Crippen molar-refractivity contribution in [2.75, 3.05) is 13.2 Å². The minimum Gasteiger partial charge on any atom is -0.479 e. The number of ether oxygens (including phenoxy) is 5. The summed E-state index contributed by atoms with van der Waals surface area (Å²) in [6.45, 7) is 5.75. The van der Waals surface area contributed by atoms with E-state index in [9.17, 15) is 34.5 Å². The molecule has 1 rings (SSSR count). The van der Waals surface area contributed by atoms with Crippen molar-refractivity contribution in [3.63, 3.8) is 0 Å². The van der Waals surface area contributed by atoms with Crippen LogP contribution in [0, 0.1) is 0 Å². The van der Waals surface area contributed by atoms with Crippen LogP contribution in [0.5, 0.6) is 0 Å². The summed E-state index contributed by atoms with van der Waals surface area (Å²) in [5, 5.41) is 31.5. The second-order valence-electron chi connectivity index (χ2n) is 20.6. The number of rotatable bonds is 51. The molecule has 0 aromatic carbocycles. The Labute approximate surface area is 467 Å². The molecule has 12 nitrogen and oxygen atoms in total. The summed E-state index contributed by atoms with van der Waals surface area (Å²) in [6, 6.07) is 0. The Bertz CT molecular complexity index is 1660. The highest BCUT2D eigenvalue weighted by Crippen LogP contribution is 2.26. The first kappa shape index (κ1) is 70.9. The van der Waals surface area contributed by atoms with Gasteiger partial charge in [-0.05, 0) is 89.9 Å². The zero-order valence-electron chi connectivity index (χ0n) is 48.4. The number of aliphatic carboxylic acids is 1. The number of aliphatic hydroxyl groups excluding tert-OH is 2. The molecule has 0 aliphatic carbocycles. The number of hydrogen-bond donors (Lipinski definition) is 3. The largest absolute Gasteiger partial charge is 0.479 e. The zero-order chi connectivity index (χ0) is 56.1. The molecule has 0 spiro atoms. The number of carbonyl (C=O) groups is 4. The maximum absolute atomic E-state index is 13.1. The Hall–Kier alpha value is -4.10. The molecule has 0 aromatic rings. The Morgan fingerprint density at radius 1 is 0.442 bits per heavy atom. The lowest BCUT2D eigenvalue weighted by Crippen LogP contribution is -2.61. The van der Waals surface area contributed by atoms with Crippen LogP contribution in [0.2, 0.25) is 0 Å².